The zero-order chi connectivity index (χ0) is 38.5. The van der Waals surface area contributed by atoms with Crippen molar-refractivity contribution in [3.05, 3.63) is 120 Å². The molecule has 0 bridgehead atoms. The Bertz CT molecular complexity index is 1680. The SMILES string of the molecule is CCCN(Cc1ccc(Oc2ccccc2)cc1)C(=O)[C@@H]1[C@H](CC(=O)OC)[C@@H](CC(=O)OC)[C@H]1C(=O)N(CCC)Cc1ccc(Oc2ccccc2)cc1. The van der Waals surface area contributed by atoms with Gasteiger partial charge in [0.2, 0.25) is 11.8 Å². The van der Waals surface area contributed by atoms with Gasteiger partial charge in [0.25, 0.3) is 0 Å². The van der Waals surface area contributed by atoms with Crippen LogP contribution in [-0.2, 0) is 41.7 Å². The molecule has 5 rings (SSSR count). The van der Waals surface area contributed by atoms with Gasteiger partial charge in [0.05, 0.1) is 26.1 Å². The summed E-state index contributed by atoms with van der Waals surface area (Å²) in [4.78, 5) is 58.4. The van der Waals surface area contributed by atoms with Crippen molar-refractivity contribution in [3.63, 3.8) is 0 Å². The summed E-state index contributed by atoms with van der Waals surface area (Å²) < 4.78 is 22.0. The fraction of sp³-hybridized carbons (Fsp3) is 0.364. The number of ether oxygens (including phenoxy) is 4. The summed E-state index contributed by atoms with van der Waals surface area (Å²) in [5.41, 5.74) is 1.78. The molecule has 1 saturated carbocycles. The fourth-order valence-electron chi connectivity index (χ4n) is 7.21. The highest BCUT2D eigenvalue weighted by molar-refractivity contribution is 5.91. The van der Waals surface area contributed by atoms with Gasteiger partial charge in [-0.2, -0.15) is 0 Å². The van der Waals surface area contributed by atoms with Crippen LogP contribution in [0.25, 0.3) is 0 Å². The Hall–Kier alpha value is -5.64. The zero-order valence-corrected chi connectivity index (χ0v) is 31.5. The number of hydrogen-bond acceptors (Lipinski definition) is 8. The minimum Gasteiger partial charge on any atom is -0.469 e. The van der Waals surface area contributed by atoms with E-state index < -0.39 is 35.6 Å². The van der Waals surface area contributed by atoms with Gasteiger partial charge in [-0.3, -0.25) is 19.2 Å². The quantitative estimate of drug-likeness (QED) is 0.0945. The van der Waals surface area contributed by atoms with Crippen LogP contribution in [0, 0.1) is 23.7 Å². The molecule has 0 heterocycles. The first kappa shape index (κ1) is 39.6. The molecule has 0 radical (unpaired) electrons. The first-order valence-corrected chi connectivity index (χ1v) is 18.6. The fourth-order valence-corrected chi connectivity index (χ4v) is 7.21. The van der Waals surface area contributed by atoms with Crippen molar-refractivity contribution in [2.75, 3.05) is 27.3 Å². The lowest BCUT2D eigenvalue weighted by Gasteiger charge is -2.52. The molecule has 0 N–H and O–H groups in total. The Morgan fingerprint density at radius 3 is 1.15 bits per heavy atom. The summed E-state index contributed by atoms with van der Waals surface area (Å²) in [5, 5.41) is 0. The van der Waals surface area contributed by atoms with Crippen LogP contribution < -0.4 is 9.47 Å². The largest absolute Gasteiger partial charge is 0.469 e. The molecule has 284 valence electrons. The molecule has 4 aromatic rings. The van der Waals surface area contributed by atoms with E-state index in [0.29, 0.717) is 50.5 Å². The van der Waals surface area contributed by atoms with E-state index in [0.717, 1.165) is 22.6 Å². The number of hydrogen-bond donors (Lipinski definition) is 0. The van der Waals surface area contributed by atoms with E-state index in [1.54, 1.807) is 9.80 Å². The van der Waals surface area contributed by atoms with E-state index in [2.05, 4.69) is 0 Å². The van der Waals surface area contributed by atoms with E-state index in [4.69, 9.17) is 18.9 Å². The van der Waals surface area contributed by atoms with E-state index >= 15 is 0 Å². The lowest BCUT2D eigenvalue weighted by molar-refractivity contribution is -0.175. The van der Waals surface area contributed by atoms with Crippen LogP contribution in [0.1, 0.15) is 50.7 Å². The first-order chi connectivity index (χ1) is 26.2. The minimum atomic E-state index is -0.834. The van der Waals surface area contributed by atoms with Crippen molar-refractivity contribution in [2.45, 2.75) is 52.6 Å². The van der Waals surface area contributed by atoms with Crippen molar-refractivity contribution >= 4 is 23.8 Å². The maximum Gasteiger partial charge on any atom is 0.305 e. The average Bonchev–Trinajstić information content (AvgIpc) is 3.19. The van der Waals surface area contributed by atoms with Crippen LogP contribution in [-0.4, -0.2) is 60.9 Å². The number of nitrogens with zero attached hydrogens (tertiary/aromatic N) is 2. The average molecular weight is 735 g/mol. The third-order valence-corrected chi connectivity index (χ3v) is 9.85. The number of methoxy groups -OCH3 is 2. The number of para-hydroxylation sites is 2. The highest BCUT2D eigenvalue weighted by Crippen LogP contribution is 2.52. The molecule has 0 unspecified atom stereocenters. The zero-order valence-electron chi connectivity index (χ0n) is 31.5. The summed E-state index contributed by atoms with van der Waals surface area (Å²) in [5.74, 6) is -1.52. The van der Waals surface area contributed by atoms with Crippen LogP contribution in [0.15, 0.2) is 109 Å². The minimum absolute atomic E-state index is 0.0967. The molecule has 54 heavy (non-hydrogen) atoms. The summed E-state index contributed by atoms with van der Waals surface area (Å²) in [7, 11) is 2.59. The van der Waals surface area contributed by atoms with Crippen LogP contribution in [0.3, 0.4) is 0 Å². The summed E-state index contributed by atoms with van der Waals surface area (Å²) in [6.07, 6.45) is 1.18. The summed E-state index contributed by atoms with van der Waals surface area (Å²) in [6.45, 7) is 5.48. The molecule has 10 heteroatoms. The molecule has 1 fully saturated rings. The molecule has 4 aromatic carbocycles. The predicted molar refractivity (Wildman–Crippen MR) is 205 cm³/mol. The molecule has 10 nitrogen and oxygen atoms in total. The molecular weight excluding hydrogens is 684 g/mol. The molecular formula is C44H50N2O8. The van der Waals surface area contributed by atoms with Crippen LogP contribution in [0.4, 0.5) is 0 Å². The summed E-state index contributed by atoms with van der Waals surface area (Å²) in [6, 6.07) is 34.1. The van der Waals surface area contributed by atoms with Gasteiger partial charge >= 0.3 is 11.9 Å². The number of rotatable bonds is 18. The van der Waals surface area contributed by atoms with E-state index in [9.17, 15) is 19.2 Å². The topological polar surface area (TPSA) is 112 Å². The maximum absolute atomic E-state index is 14.7. The second-order valence-corrected chi connectivity index (χ2v) is 13.6. The van der Waals surface area contributed by atoms with E-state index in [-0.39, 0.29) is 24.7 Å². The van der Waals surface area contributed by atoms with Crippen LogP contribution >= 0.6 is 0 Å². The molecule has 0 saturated heterocycles. The normalized spacial score (nSPS) is 17.4. The van der Waals surface area contributed by atoms with Gasteiger partial charge in [0, 0.05) is 39.0 Å². The smallest absolute Gasteiger partial charge is 0.305 e. The highest BCUT2D eigenvalue weighted by Gasteiger charge is 2.59. The molecule has 1 aliphatic rings. The van der Waals surface area contributed by atoms with Gasteiger partial charge in [-0.1, -0.05) is 74.5 Å². The molecule has 2 amide bonds. The molecule has 4 atom stereocenters. The third-order valence-electron chi connectivity index (χ3n) is 9.85. The molecule has 0 aliphatic heterocycles. The van der Waals surface area contributed by atoms with Crippen molar-refractivity contribution < 1.29 is 38.1 Å². The molecule has 0 spiro atoms. The van der Waals surface area contributed by atoms with Crippen molar-refractivity contribution in [3.8, 4) is 23.0 Å². The van der Waals surface area contributed by atoms with E-state index in [1.807, 2.05) is 123 Å². The van der Waals surface area contributed by atoms with Crippen molar-refractivity contribution in [1.82, 2.24) is 9.80 Å². The number of amides is 2. The standard InChI is InChI=1S/C44H50N2O8/c1-5-25-45(29-31-17-21-35(22-18-31)53-33-13-9-7-10-14-33)43(49)41-37(27-39(47)51-3)38(28-40(48)52-4)42(41)44(50)46(26-6-2)30-32-19-23-36(24-20-32)54-34-15-11-8-12-16-34/h7-24,37-38,41-42H,5-6,25-30H2,1-4H3/t37-,38-,41-,42-/m1/s1. The van der Waals surface area contributed by atoms with Gasteiger partial charge in [0.1, 0.15) is 23.0 Å². The van der Waals surface area contributed by atoms with Crippen LogP contribution in [0.2, 0.25) is 0 Å². The van der Waals surface area contributed by atoms with E-state index in [1.165, 1.54) is 14.2 Å². The van der Waals surface area contributed by atoms with Gasteiger partial charge in [0.15, 0.2) is 0 Å². The predicted octanol–water partition coefficient (Wildman–Crippen LogP) is 8.05. The van der Waals surface area contributed by atoms with Crippen molar-refractivity contribution in [2.24, 2.45) is 23.7 Å². The Kier molecular flexibility index (Phi) is 14.2. The first-order valence-electron chi connectivity index (χ1n) is 18.6. The third kappa shape index (κ3) is 10.3. The second-order valence-electron chi connectivity index (χ2n) is 13.6. The lowest BCUT2D eigenvalue weighted by atomic mass is 9.53. The summed E-state index contributed by atoms with van der Waals surface area (Å²) >= 11 is 0. The van der Waals surface area contributed by atoms with Gasteiger partial charge in [-0.25, -0.2) is 0 Å². The second kappa shape index (κ2) is 19.4. The number of carbonyl (C=O) groups is 4. The Balaban J connectivity index is 1.40. The number of benzene rings is 4. The van der Waals surface area contributed by atoms with Crippen LogP contribution in [0.5, 0.6) is 23.0 Å². The van der Waals surface area contributed by atoms with Crippen molar-refractivity contribution in [1.29, 1.82) is 0 Å². The lowest BCUT2D eigenvalue weighted by Crippen LogP contribution is -2.61. The number of esters is 2. The Labute approximate surface area is 318 Å². The Morgan fingerprint density at radius 1 is 0.500 bits per heavy atom. The Morgan fingerprint density at radius 2 is 0.833 bits per heavy atom. The molecule has 1 aliphatic carbocycles. The molecule has 0 aromatic heterocycles. The number of carbonyl (C=O) groups excluding carboxylic acids is 4. The van der Waals surface area contributed by atoms with Gasteiger partial charge < -0.3 is 28.7 Å². The van der Waals surface area contributed by atoms with Gasteiger partial charge in [-0.05, 0) is 84.3 Å². The van der Waals surface area contributed by atoms with Gasteiger partial charge in [-0.15, -0.1) is 0 Å². The highest BCUT2D eigenvalue weighted by atomic mass is 16.5. The maximum atomic E-state index is 14.7. The monoisotopic (exact) mass is 734 g/mol.